The molecule has 14 nitrogen and oxygen atoms in total. The lowest BCUT2D eigenvalue weighted by atomic mass is 9.90. The zero-order chi connectivity index (χ0) is 34.1. The van der Waals surface area contributed by atoms with Crippen LogP contribution in [0.2, 0.25) is 0 Å². The van der Waals surface area contributed by atoms with Crippen LogP contribution in [0.1, 0.15) is 50.6 Å². The van der Waals surface area contributed by atoms with Crippen molar-refractivity contribution in [3.8, 4) is 28.7 Å². The molecule has 0 aromatic carbocycles. The third-order valence-corrected chi connectivity index (χ3v) is 8.10. The highest BCUT2D eigenvalue weighted by Crippen LogP contribution is 2.37. The second-order valence-electron chi connectivity index (χ2n) is 11.6. The molecule has 0 unspecified atom stereocenters. The first-order valence-electron chi connectivity index (χ1n) is 14.9. The Bertz CT molecular complexity index is 1730. The first-order chi connectivity index (χ1) is 22.9. The Labute approximate surface area is 269 Å². The van der Waals surface area contributed by atoms with Crippen molar-refractivity contribution in [3.63, 3.8) is 0 Å². The van der Waals surface area contributed by atoms with Gasteiger partial charge >= 0.3 is 24.8 Å². The molecule has 0 spiro atoms. The number of ether oxygens (including phenoxy) is 2. The normalized spacial score (nSPS) is 18.8. The topological polar surface area (TPSA) is 172 Å². The maximum Gasteiger partial charge on any atom is 0.420 e. The van der Waals surface area contributed by atoms with Gasteiger partial charge in [0.15, 0.2) is 5.82 Å². The van der Waals surface area contributed by atoms with Crippen molar-refractivity contribution in [2.24, 2.45) is 5.73 Å². The zero-order valence-electron chi connectivity index (χ0n) is 25.4. The van der Waals surface area contributed by atoms with Crippen molar-refractivity contribution in [1.29, 1.82) is 0 Å². The lowest BCUT2D eigenvalue weighted by Gasteiger charge is -2.36. The van der Waals surface area contributed by atoms with E-state index in [1.807, 2.05) is 0 Å². The molecule has 254 valence electrons. The summed E-state index contributed by atoms with van der Waals surface area (Å²) in [6.45, 7) is -2.98. The van der Waals surface area contributed by atoms with E-state index in [0.717, 1.165) is 25.1 Å². The molecule has 0 aliphatic heterocycles. The summed E-state index contributed by atoms with van der Waals surface area (Å²) >= 11 is 0. The number of alkyl halides is 5. The Morgan fingerprint density at radius 2 is 1.77 bits per heavy atom. The minimum atomic E-state index is -4.84. The molecular formula is C29H30F5N11O3. The largest absolute Gasteiger partial charge is 0.467 e. The van der Waals surface area contributed by atoms with Gasteiger partial charge in [-0.25, -0.2) is 34.4 Å². The summed E-state index contributed by atoms with van der Waals surface area (Å²) in [7, 11) is 1.45. The summed E-state index contributed by atoms with van der Waals surface area (Å²) in [6.07, 6.45) is 5.37. The highest BCUT2D eigenvalue weighted by molar-refractivity contribution is 5.87. The van der Waals surface area contributed by atoms with Gasteiger partial charge in [0, 0.05) is 42.4 Å². The van der Waals surface area contributed by atoms with Crippen LogP contribution >= 0.6 is 0 Å². The Kier molecular flexibility index (Phi) is 9.04. The second kappa shape index (κ2) is 13.2. The Balaban J connectivity index is 1.17. The molecule has 4 heterocycles. The van der Waals surface area contributed by atoms with Crippen LogP contribution in [0.4, 0.5) is 38.5 Å². The van der Waals surface area contributed by atoms with Gasteiger partial charge in [0.1, 0.15) is 23.6 Å². The van der Waals surface area contributed by atoms with Gasteiger partial charge in [-0.05, 0) is 44.6 Å². The van der Waals surface area contributed by atoms with Gasteiger partial charge in [-0.3, -0.25) is 9.88 Å². The molecule has 2 fully saturated rings. The fourth-order valence-corrected chi connectivity index (χ4v) is 5.25. The molecule has 3 N–H and O–H groups in total. The van der Waals surface area contributed by atoms with Gasteiger partial charge in [-0.2, -0.15) is 27.1 Å². The Morgan fingerprint density at radius 3 is 2.35 bits per heavy atom. The first kappa shape index (κ1) is 32.9. The number of aromatic nitrogens is 8. The van der Waals surface area contributed by atoms with E-state index in [1.54, 1.807) is 0 Å². The summed E-state index contributed by atoms with van der Waals surface area (Å²) in [5.74, 6) is 0.140. The van der Waals surface area contributed by atoms with Crippen molar-refractivity contribution in [1.82, 2.24) is 39.7 Å². The molecule has 4 aromatic rings. The maximum atomic E-state index is 13.7. The number of methoxy groups -OCH3 is 1. The zero-order valence-corrected chi connectivity index (χ0v) is 25.4. The standard InChI is InChI=1S/C29H30F5N11O3/c1-47-26-39-10-16(11-40-26)21-13-37-22(14-36-21)45(27(46)48-15-28(35)7-8-28)18-4-2-17(3-5-18)41-25-38-12-19(29(32,33)34)23(42-25)20-6-9-44(43-20)24(30)31/h6,9-14,17-18,24H,2-5,7-8,15,35H2,1H3,(H,38,41,42). The van der Waals surface area contributed by atoms with Crippen LogP contribution in [0.5, 0.6) is 6.01 Å². The van der Waals surface area contributed by atoms with E-state index < -0.39 is 35.6 Å². The Morgan fingerprint density at radius 1 is 1.04 bits per heavy atom. The monoisotopic (exact) mass is 675 g/mol. The van der Waals surface area contributed by atoms with E-state index in [2.05, 4.69) is 40.3 Å². The van der Waals surface area contributed by atoms with Crippen molar-refractivity contribution in [2.75, 3.05) is 23.9 Å². The van der Waals surface area contributed by atoms with Crippen LogP contribution in [0.15, 0.2) is 43.2 Å². The van der Waals surface area contributed by atoms with Gasteiger partial charge in [0.2, 0.25) is 5.95 Å². The quantitative estimate of drug-likeness (QED) is 0.219. The van der Waals surface area contributed by atoms with Gasteiger partial charge in [-0.15, -0.1) is 0 Å². The molecule has 2 aliphatic carbocycles. The van der Waals surface area contributed by atoms with E-state index in [1.165, 1.54) is 36.8 Å². The van der Waals surface area contributed by atoms with Crippen LogP contribution in [0.3, 0.4) is 0 Å². The lowest BCUT2D eigenvalue weighted by Crippen LogP contribution is -2.46. The molecular weight excluding hydrogens is 645 g/mol. The van der Waals surface area contributed by atoms with Crippen molar-refractivity contribution in [2.45, 2.75) is 68.9 Å². The number of anilines is 2. The highest BCUT2D eigenvalue weighted by atomic mass is 19.4. The molecule has 0 atom stereocenters. The van der Waals surface area contributed by atoms with Crippen LogP contribution < -0.4 is 20.7 Å². The number of hydrogen-bond donors (Lipinski definition) is 2. The average Bonchev–Trinajstić information content (AvgIpc) is 3.60. The fraction of sp³-hybridized carbons (Fsp3) is 0.448. The maximum absolute atomic E-state index is 13.7. The van der Waals surface area contributed by atoms with Gasteiger partial charge < -0.3 is 20.5 Å². The number of carbonyl (C=O) groups excluding carboxylic acids is 1. The smallest absolute Gasteiger partial charge is 0.420 e. The minimum Gasteiger partial charge on any atom is -0.467 e. The van der Waals surface area contributed by atoms with E-state index in [9.17, 15) is 26.7 Å². The van der Waals surface area contributed by atoms with Crippen LogP contribution in [0, 0.1) is 0 Å². The van der Waals surface area contributed by atoms with Crippen LogP contribution in [-0.4, -0.2) is 77.1 Å². The van der Waals surface area contributed by atoms with Crippen LogP contribution in [-0.2, 0) is 10.9 Å². The Hall–Kier alpha value is -5.07. The number of nitrogens with two attached hydrogens (primary N) is 1. The van der Waals surface area contributed by atoms with Crippen molar-refractivity contribution < 1.29 is 36.2 Å². The molecule has 2 saturated carbocycles. The van der Waals surface area contributed by atoms with Gasteiger partial charge in [0.05, 0.1) is 30.7 Å². The first-order valence-corrected chi connectivity index (χ1v) is 14.9. The van der Waals surface area contributed by atoms with E-state index in [-0.39, 0.29) is 46.8 Å². The highest BCUT2D eigenvalue weighted by Gasteiger charge is 2.41. The third-order valence-electron chi connectivity index (χ3n) is 8.10. The predicted molar refractivity (Wildman–Crippen MR) is 159 cm³/mol. The molecule has 2 aliphatic rings. The molecule has 19 heteroatoms. The van der Waals surface area contributed by atoms with E-state index in [4.69, 9.17) is 15.2 Å². The molecule has 48 heavy (non-hydrogen) atoms. The molecule has 4 aromatic heterocycles. The van der Waals surface area contributed by atoms with Crippen molar-refractivity contribution >= 4 is 17.9 Å². The summed E-state index contributed by atoms with van der Waals surface area (Å²) in [5, 5.41) is 6.59. The summed E-state index contributed by atoms with van der Waals surface area (Å²) in [6, 6.07) is 0.602. The van der Waals surface area contributed by atoms with Gasteiger partial charge in [0.25, 0.3) is 0 Å². The minimum absolute atomic E-state index is 0.0527. The van der Waals surface area contributed by atoms with Crippen molar-refractivity contribution in [3.05, 3.63) is 48.8 Å². The molecule has 6 rings (SSSR count). The number of rotatable bonds is 10. The summed E-state index contributed by atoms with van der Waals surface area (Å²) in [5.41, 5.74) is 4.46. The molecule has 0 saturated heterocycles. The summed E-state index contributed by atoms with van der Waals surface area (Å²) < 4.78 is 78.1. The molecule has 0 bridgehead atoms. The summed E-state index contributed by atoms with van der Waals surface area (Å²) in [4.78, 5) is 39.8. The number of amides is 1. The SMILES string of the molecule is COc1ncc(-c2cnc(N(C(=O)OCC3(N)CC3)C3CCC(Nc4ncc(C(F)(F)F)c(-c5ccn(C(F)F)n5)n4)CC3)cn2)cn1. The van der Waals surface area contributed by atoms with E-state index >= 15 is 0 Å². The number of carbonyl (C=O) groups is 1. The average molecular weight is 676 g/mol. The fourth-order valence-electron chi connectivity index (χ4n) is 5.25. The van der Waals surface area contributed by atoms with E-state index in [0.29, 0.717) is 43.1 Å². The second-order valence-corrected chi connectivity index (χ2v) is 11.6. The number of nitrogens with one attached hydrogen (secondary N) is 1. The van der Waals surface area contributed by atoms with Crippen LogP contribution in [0.25, 0.3) is 22.6 Å². The molecule has 0 radical (unpaired) electrons. The number of halogens is 5. The van der Waals surface area contributed by atoms with Gasteiger partial charge in [-0.1, -0.05) is 0 Å². The predicted octanol–water partition coefficient (Wildman–Crippen LogP) is 4.87. The lowest BCUT2D eigenvalue weighted by molar-refractivity contribution is -0.137. The number of nitrogens with zero attached hydrogens (tertiary/aromatic N) is 9. The molecule has 1 amide bonds. The number of hydrogen-bond acceptors (Lipinski definition) is 12. The third kappa shape index (κ3) is 7.40.